The van der Waals surface area contributed by atoms with Crippen molar-refractivity contribution in [1.29, 1.82) is 0 Å². The smallest absolute Gasteiger partial charge is 0.254 e. The molecular formula is C21H16IN3O3. The Morgan fingerprint density at radius 1 is 1.14 bits per heavy atom. The van der Waals surface area contributed by atoms with Gasteiger partial charge in [-0.05, 0) is 29.8 Å². The number of nitrogens with zero attached hydrogens (tertiary/aromatic N) is 1. The van der Waals surface area contributed by atoms with E-state index >= 15 is 0 Å². The normalized spacial score (nSPS) is 10.8. The number of fused-ring (bicyclic) bond motifs is 1. The van der Waals surface area contributed by atoms with E-state index < -0.39 is 0 Å². The zero-order valence-corrected chi connectivity index (χ0v) is 17.0. The monoisotopic (exact) mass is 485 g/mol. The molecule has 6 nitrogen and oxygen atoms in total. The lowest BCUT2D eigenvalue weighted by Gasteiger charge is -2.08. The van der Waals surface area contributed by atoms with Gasteiger partial charge in [-0.25, -0.2) is 4.98 Å². The molecule has 0 unspecified atom stereocenters. The highest BCUT2D eigenvalue weighted by Crippen LogP contribution is 2.37. The van der Waals surface area contributed by atoms with E-state index in [9.17, 15) is 9.90 Å². The summed E-state index contributed by atoms with van der Waals surface area (Å²) >= 11 is 1.87. The summed E-state index contributed by atoms with van der Waals surface area (Å²) < 4.78 is 5.46. The summed E-state index contributed by atoms with van der Waals surface area (Å²) in [4.78, 5) is 19.7. The molecule has 4 rings (SSSR count). The Hall–Kier alpha value is -3.07. The lowest BCUT2D eigenvalue weighted by atomic mass is 10.00. The number of hydrogen-bond donors (Lipinski definition) is 3. The van der Waals surface area contributed by atoms with E-state index in [0.717, 1.165) is 39.0 Å². The highest BCUT2D eigenvalue weighted by Gasteiger charge is 2.15. The van der Waals surface area contributed by atoms with Gasteiger partial charge in [0.15, 0.2) is 23.0 Å². The fourth-order valence-electron chi connectivity index (χ4n) is 3.17. The summed E-state index contributed by atoms with van der Waals surface area (Å²) in [5.41, 5.74) is 4.54. The lowest BCUT2D eigenvalue weighted by molar-refractivity contribution is 0.0960. The van der Waals surface area contributed by atoms with Crippen molar-refractivity contribution in [2.45, 2.75) is 0 Å². The van der Waals surface area contributed by atoms with Crippen LogP contribution in [0.15, 0.2) is 60.9 Å². The van der Waals surface area contributed by atoms with Crippen LogP contribution in [0.3, 0.4) is 0 Å². The number of halogens is 1. The fraction of sp³-hybridized carbons (Fsp3) is 0.0476. The van der Waals surface area contributed by atoms with Crippen LogP contribution in [0.2, 0.25) is 0 Å². The first-order valence-corrected chi connectivity index (χ1v) is 9.41. The minimum absolute atomic E-state index is 0.0624. The van der Waals surface area contributed by atoms with E-state index in [4.69, 9.17) is 3.07 Å². The Kier molecular flexibility index (Phi) is 4.91. The summed E-state index contributed by atoms with van der Waals surface area (Å²) in [7, 11) is 1.53. The van der Waals surface area contributed by atoms with Gasteiger partial charge in [0.2, 0.25) is 0 Å². The van der Waals surface area contributed by atoms with Gasteiger partial charge in [0.25, 0.3) is 5.91 Å². The topological polar surface area (TPSA) is 87.2 Å². The van der Waals surface area contributed by atoms with Crippen LogP contribution in [0, 0.1) is 0 Å². The average molecular weight is 485 g/mol. The number of rotatable bonds is 4. The number of phenolic OH excluding ortho intramolecular Hbond substituents is 1. The molecule has 7 heteroatoms. The van der Waals surface area contributed by atoms with E-state index in [0.29, 0.717) is 0 Å². The van der Waals surface area contributed by atoms with E-state index in [-0.39, 0.29) is 17.2 Å². The zero-order chi connectivity index (χ0) is 19.7. The lowest BCUT2D eigenvalue weighted by Crippen LogP contribution is -2.17. The van der Waals surface area contributed by atoms with E-state index in [1.165, 1.54) is 13.1 Å². The maximum atomic E-state index is 12.0. The maximum absolute atomic E-state index is 12.0. The van der Waals surface area contributed by atoms with Crippen molar-refractivity contribution in [3.63, 3.8) is 0 Å². The molecule has 0 aliphatic carbocycles. The van der Waals surface area contributed by atoms with Crippen molar-refractivity contribution in [2.24, 2.45) is 0 Å². The van der Waals surface area contributed by atoms with Crippen LogP contribution in [0.4, 0.5) is 0 Å². The summed E-state index contributed by atoms with van der Waals surface area (Å²) in [5, 5.41) is 13.4. The first-order chi connectivity index (χ1) is 13.6. The number of carbonyl (C=O) groups is 1. The van der Waals surface area contributed by atoms with Crippen molar-refractivity contribution in [2.75, 3.05) is 7.05 Å². The number of aromatic amines is 1. The van der Waals surface area contributed by atoms with Crippen LogP contribution in [-0.2, 0) is 0 Å². The number of benzene rings is 2. The molecule has 140 valence electrons. The second-order valence-corrected chi connectivity index (χ2v) is 6.65. The Balaban J connectivity index is 1.86. The third-order valence-electron chi connectivity index (χ3n) is 4.59. The van der Waals surface area contributed by atoms with Gasteiger partial charge < -0.3 is 18.5 Å². The molecule has 4 aromatic rings. The van der Waals surface area contributed by atoms with Gasteiger partial charge >= 0.3 is 0 Å². The molecule has 28 heavy (non-hydrogen) atoms. The number of aromatic nitrogens is 2. The van der Waals surface area contributed by atoms with Gasteiger partial charge in [-0.15, -0.1) is 0 Å². The number of aromatic hydroxyl groups is 1. The second-order valence-electron chi connectivity index (χ2n) is 6.21. The van der Waals surface area contributed by atoms with E-state index in [2.05, 4.69) is 15.3 Å². The van der Waals surface area contributed by atoms with Crippen molar-refractivity contribution in [3.05, 3.63) is 66.5 Å². The minimum atomic E-state index is -0.344. The van der Waals surface area contributed by atoms with Crippen LogP contribution >= 0.6 is 23.0 Å². The summed E-state index contributed by atoms with van der Waals surface area (Å²) in [6, 6.07) is 14.7. The number of para-hydroxylation sites is 1. The maximum Gasteiger partial charge on any atom is 0.254 e. The van der Waals surface area contributed by atoms with Gasteiger partial charge in [-0.3, -0.25) is 4.79 Å². The molecule has 0 saturated carbocycles. The Labute approximate surface area is 175 Å². The molecule has 2 aromatic heterocycles. The Morgan fingerprint density at radius 2 is 1.96 bits per heavy atom. The number of hydrogen-bond acceptors (Lipinski definition) is 4. The third-order valence-corrected chi connectivity index (χ3v) is 5.07. The molecule has 1 amide bonds. The fourth-order valence-corrected chi connectivity index (χ4v) is 3.56. The summed E-state index contributed by atoms with van der Waals surface area (Å²) in [5.74, 6) is 0.359. The van der Waals surface area contributed by atoms with Gasteiger partial charge in [-0.1, -0.05) is 24.3 Å². The molecule has 0 saturated heterocycles. The summed E-state index contributed by atoms with van der Waals surface area (Å²) in [6.07, 6.45) is 3.64. The van der Waals surface area contributed by atoms with Crippen molar-refractivity contribution < 1.29 is 13.0 Å². The van der Waals surface area contributed by atoms with Crippen molar-refractivity contribution in [3.8, 4) is 33.8 Å². The SMILES string of the molecule is CNC(=O)c1cc(-c2cnc3[nH]cc(-c4ccccc4OI)c3c2)ccc1O. The number of amides is 1. The highest BCUT2D eigenvalue weighted by molar-refractivity contribution is 14.1. The third kappa shape index (κ3) is 3.18. The van der Waals surface area contributed by atoms with Crippen LogP contribution in [0.5, 0.6) is 11.5 Å². The van der Waals surface area contributed by atoms with Crippen LogP contribution in [0.1, 0.15) is 10.4 Å². The molecule has 0 atom stereocenters. The van der Waals surface area contributed by atoms with Crippen molar-refractivity contribution in [1.82, 2.24) is 15.3 Å². The molecule has 0 aliphatic rings. The number of nitrogens with one attached hydrogen (secondary N) is 2. The number of H-pyrrole nitrogens is 1. The molecule has 2 heterocycles. The minimum Gasteiger partial charge on any atom is -0.507 e. The molecule has 0 spiro atoms. The van der Waals surface area contributed by atoms with Gasteiger partial charge in [-0.2, -0.15) is 0 Å². The molecule has 0 bridgehead atoms. The standard InChI is InChI=1S/C21H16IN3O3/c1-23-21(27)16-8-12(6-7-18(16)26)13-9-15-17(11-25-20(15)24-10-13)14-4-2-3-5-19(14)28-22/h2-11,26H,1H3,(H,23,27)(H,24,25). The van der Waals surface area contributed by atoms with Crippen LogP contribution in [0.25, 0.3) is 33.3 Å². The summed E-state index contributed by atoms with van der Waals surface area (Å²) in [6.45, 7) is 0. The molecule has 3 N–H and O–H groups in total. The Morgan fingerprint density at radius 3 is 2.75 bits per heavy atom. The average Bonchev–Trinajstić information content (AvgIpc) is 3.16. The van der Waals surface area contributed by atoms with Crippen LogP contribution in [-0.4, -0.2) is 28.0 Å². The number of carbonyl (C=O) groups excluding carboxylic acids is 1. The highest BCUT2D eigenvalue weighted by atomic mass is 127. The predicted molar refractivity (Wildman–Crippen MR) is 117 cm³/mol. The predicted octanol–water partition coefficient (Wildman–Crippen LogP) is 4.69. The van der Waals surface area contributed by atoms with E-state index in [1.807, 2.05) is 59.5 Å². The first kappa shape index (κ1) is 18.3. The molecule has 2 aromatic carbocycles. The van der Waals surface area contributed by atoms with E-state index in [1.54, 1.807) is 18.3 Å². The molecular weight excluding hydrogens is 469 g/mol. The first-order valence-electron chi connectivity index (χ1n) is 8.53. The quantitative estimate of drug-likeness (QED) is 0.366. The van der Waals surface area contributed by atoms with Gasteiger partial charge in [0.1, 0.15) is 17.1 Å². The van der Waals surface area contributed by atoms with Gasteiger partial charge in [0.05, 0.1) is 5.56 Å². The van der Waals surface area contributed by atoms with Crippen molar-refractivity contribution >= 4 is 39.9 Å². The molecule has 0 aliphatic heterocycles. The van der Waals surface area contributed by atoms with Gasteiger partial charge in [0, 0.05) is 41.5 Å². The molecule has 0 fully saturated rings. The molecule has 0 radical (unpaired) electrons. The Bertz CT molecular complexity index is 1190. The number of pyridine rings is 1. The second kappa shape index (κ2) is 7.51. The largest absolute Gasteiger partial charge is 0.507 e. The van der Waals surface area contributed by atoms with Crippen LogP contribution < -0.4 is 8.38 Å². The zero-order valence-electron chi connectivity index (χ0n) is 14.9. The number of phenols is 1.